The summed E-state index contributed by atoms with van der Waals surface area (Å²) >= 11 is 4.69. The molecule has 1 amide bonds. The number of aliphatic imine (C=N–C) groups is 1. The minimum absolute atomic E-state index is 0.188. The predicted molar refractivity (Wildman–Crippen MR) is 122 cm³/mol. The van der Waals surface area contributed by atoms with E-state index in [1.165, 1.54) is 18.1 Å². The van der Waals surface area contributed by atoms with Crippen LogP contribution in [-0.2, 0) is 4.79 Å². The van der Waals surface area contributed by atoms with Crippen molar-refractivity contribution in [3.05, 3.63) is 82.1 Å². The van der Waals surface area contributed by atoms with E-state index in [0.29, 0.717) is 26.9 Å². The van der Waals surface area contributed by atoms with Crippen LogP contribution in [0.15, 0.2) is 81.5 Å². The number of rotatable bonds is 3. The largest absolute Gasteiger partial charge is 0.300 e. The minimum Gasteiger partial charge on any atom is -0.300 e. The third-order valence-electron chi connectivity index (χ3n) is 4.37. The fourth-order valence-electron chi connectivity index (χ4n) is 2.97. The number of amides is 1. The molecule has 30 heavy (non-hydrogen) atoms. The van der Waals surface area contributed by atoms with Crippen LogP contribution >= 0.6 is 27.7 Å². The molecule has 0 saturated carbocycles. The highest BCUT2D eigenvalue weighted by Crippen LogP contribution is 2.30. The van der Waals surface area contributed by atoms with Crippen molar-refractivity contribution in [1.29, 1.82) is 0 Å². The molecular formula is C21H13BrN6OS. The zero-order valence-corrected chi connectivity index (χ0v) is 17.8. The van der Waals surface area contributed by atoms with E-state index < -0.39 is 0 Å². The summed E-state index contributed by atoms with van der Waals surface area (Å²) in [5, 5.41) is 8.40. The number of nitrogens with zero attached hydrogens (tertiary/aromatic N) is 5. The standard InChI is InChI=1S/C21H13BrN6OS/c22-14-8-6-13(7-9-14)10-17-20(29)27-21(30-17)26-18-16-11-25-28(19(16)24-12-23-18)15-4-2-1-3-5-15/h1-12H,(H,23,24,26,27,29)/b17-10-. The van der Waals surface area contributed by atoms with E-state index >= 15 is 0 Å². The van der Waals surface area contributed by atoms with Crippen LogP contribution in [0.2, 0.25) is 0 Å². The van der Waals surface area contributed by atoms with Crippen LogP contribution in [0.3, 0.4) is 0 Å². The predicted octanol–water partition coefficient (Wildman–Crippen LogP) is 4.47. The maximum absolute atomic E-state index is 12.4. The molecular weight excluding hydrogens is 464 g/mol. The van der Waals surface area contributed by atoms with E-state index in [-0.39, 0.29) is 5.91 Å². The molecule has 0 aliphatic carbocycles. The summed E-state index contributed by atoms with van der Waals surface area (Å²) in [6.45, 7) is 0. The number of thioether (sulfide) groups is 1. The molecule has 1 saturated heterocycles. The van der Waals surface area contributed by atoms with Crippen LogP contribution in [0.25, 0.3) is 22.8 Å². The Balaban J connectivity index is 1.47. The van der Waals surface area contributed by atoms with E-state index in [1.54, 1.807) is 10.9 Å². The zero-order valence-electron chi connectivity index (χ0n) is 15.4. The molecule has 0 bridgehead atoms. The molecule has 1 aliphatic rings. The third kappa shape index (κ3) is 3.64. The molecule has 2 aromatic heterocycles. The number of aromatic nitrogens is 4. The van der Waals surface area contributed by atoms with Gasteiger partial charge in [-0.25, -0.2) is 19.6 Å². The molecule has 2 aromatic carbocycles. The van der Waals surface area contributed by atoms with Crippen molar-refractivity contribution >= 4 is 61.7 Å². The summed E-state index contributed by atoms with van der Waals surface area (Å²) in [4.78, 5) is 26.1. The van der Waals surface area contributed by atoms with E-state index in [2.05, 4.69) is 41.3 Å². The number of fused-ring (bicyclic) bond motifs is 1. The Morgan fingerprint density at radius 2 is 1.87 bits per heavy atom. The van der Waals surface area contributed by atoms with Gasteiger partial charge in [0.1, 0.15) is 6.33 Å². The zero-order chi connectivity index (χ0) is 20.5. The Bertz CT molecular complexity index is 1310. The van der Waals surface area contributed by atoms with Gasteiger partial charge in [0.25, 0.3) is 5.91 Å². The number of carbonyl (C=O) groups excluding carboxylic acids is 1. The van der Waals surface area contributed by atoms with Gasteiger partial charge in [-0.05, 0) is 47.7 Å². The topological polar surface area (TPSA) is 85.1 Å². The van der Waals surface area contributed by atoms with Crippen LogP contribution in [0.1, 0.15) is 5.56 Å². The molecule has 3 heterocycles. The van der Waals surface area contributed by atoms with E-state index in [4.69, 9.17) is 0 Å². The Morgan fingerprint density at radius 3 is 2.67 bits per heavy atom. The monoisotopic (exact) mass is 476 g/mol. The van der Waals surface area contributed by atoms with Gasteiger partial charge >= 0.3 is 0 Å². The van der Waals surface area contributed by atoms with Crippen molar-refractivity contribution in [3.63, 3.8) is 0 Å². The van der Waals surface area contributed by atoms with E-state index in [1.807, 2.05) is 60.7 Å². The molecule has 9 heteroatoms. The number of para-hydroxylation sites is 1. The summed E-state index contributed by atoms with van der Waals surface area (Å²) in [7, 11) is 0. The number of hydrogen-bond acceptors (Lipinski definition) is 6. The lowest BCUT2D eigenvalue weighted by Crippen LogP contribution is -2.19. The Morgan fingerprint density at radius 1 is 1.07 bits per heavy atom. The van der Waals surface area contributed by atoms with Crippen LogP contribution in [-0.4, -0.2) is 30.8 Å². The van der Waals surface area contributed by atoms with E-state index in [0.717, 1.165) is 15.7 Å². The first-order valence-electron chi connectivity index (χ1n) is 8.97. The number of halogens is 1. The smallest absolute Gasteiger partial charge is 0.264 e. The lowest BCUT2D eigenvalue weighted by molar-refractivity contribution is -0.115. The molecule has 1 aliphatic heterocycles. The van der Waals surface area contributed by atoms with Gasteiger partial charge in [0, 0.05) is 4.47 Å². The number of hydrogen-bond donors (Lipinski definition) is 1. The second kappa shape index (κ2) is 7.85. The summed E-state index contributed by atoms with van der Waals surface area (Å²) < 4.78 is 2.72. The quantitative estimate of drug-likeness (QED) is 0.440. The van der Waals surface area contributed by atoms with Crippen molar-refractivity contribution in [2.24, 2.45) is 4.99 Å². The highest BCUT2D eigenvalue weighted by atomic mass is 79.9. The lowest BCUT2D eigenvalue weighted by atomic mass is 10.2. The second-order valence-corrected chi connectivity index (χ2v) is 8.31. The van der Waals surface area contributed by atoms with Gasteiger partial charge < -0.3 is 5.32 Å². The fraction of sp³-hybridized carbons (Fsp3) is 0. The third-order valence-corrected chi connectivity index (χ3v) is 5.81. The van der Waals surface area contributed by atoms with Gasteiger partial charge in [-0.1, -0.05) is 46.3 Å². The van der Waals surface area contributed by atoms with Gasteiger partial charge in [-0.2, -0.15) is 5.10 Å². The maximum Gasteiger partial charge on any atom is 0.264 e. The molecule has 7 nitrogen and oxygen atoms in total. The highest BCUT2D eigenvalue weighted by Gasteiger charge is 2.24. The first-order valence-corrected chi connectivity index (χ1v) is 10.6. The molecule has 146 valence electrons. The summed E-state index contributed by atoms with van der Waals surface area (Å²) in [6, 6.07) is 17.5. The molecule has 0 unspecified atom stereocenters. The van der Waals surface area contributed by atoms with Gasteiger partial charge in [0.05, 0.1) is 22.2 Å². The molecule has 5 rings (SSSR count). The fourth-order valence-corrected chi connectivity index (χ4v) is 4.05. The van der Waals surface area contributed by atoms with Gasteiger partial charge in [0.2, 0.25) is 0 Å². The second-order valence-electron chi connectivity index (χ2n) is 6.36. The normalized spacial score (nSPS) is 16.5. The van der Waals surface area contributed by atoms with Crippen molar-refractivity contribution in [2.45, 2.75) is 0 Å². The van der Waals surface area contributed by atoms with Crippen molar-refractivity contribution in [1.82, 2.24) is 25.1 Å². The van der Waals surface area contributed by atoms with Crippen molar-refractivity contribution < 1.29 is 4.79 Å². The summed E-state index contributed by atoms with van der Waals surface area (Å²) in [5.74, 6) is 0.266. The number of amidine groups is 1. The molecule has 1 fully saturated rings. The average molecular weight is 477 g/mol. The number of nitrogens with one attached hydrogen (secondary N) is 1. The molecule has 0 atom stereocenters. The van der Waals surface area contributed by atoms with Gasteiger partial charge in [0.15, 0.2) is 16.6 Å². The first-order chi connectivity index (χ1) is 14.7. The highest BCUT2D eigenvalue weighted by molar-refractivity contribution is 9.10. The van der Waals surface area contributed by atoms with Crippen molar-refractivity contribution in [2.75, 3.05) is 0 Å². The van der Waals surface area contributed by atoms with E-state index in [9.17, 15) is 4.79 Å². The molecule has 0 spiro atoms. The van der Waals surface area contributed by atoms with Gasteiger partial charge in [-0.15, -0.1) is 0 Å². The van der Waals surface area contributed by atoms with Crippen molar-refractivity contribution in [3.8, 4) is 5.69 Å². The Labute approximate surface area is 184 Å². The van der Waals surface area contributed by atoms with Crippen LogP contribution in [0.5, 0.6) is 0 Å². The van der Waals surface area contributed by atoms with Crippen LogP contribution < -0.4 is 5.32 Å². The Kier molecular flexibility index (Phi) is 4.89. The molecule has 4 aromatic rings. The maximum atomic E-state index is 12.4. The molecule has 0 radical (unpaired) electrons. The SMILES string of the molecule is O=C1N/C(=N\c2ncnc3c2cnn3-c2ccccc2)S/C1=C\c1ccc(Br)cc1. The summed E-state index contributed by atoms with van der Waals surface area (Å²) in [5.41, 5.74) is 2.48. The van der Waals surface area contributed by atoms with Crippen LogP contribution in [0, 0.1) is 0 Å². The van der Waals surface area contributed by atoms with Crippen LogP contribution in [0.4, 0.5) is 5.82 Å². The Hall–Kier alpha value is -3.30. The summed E-state index contributed by atoms with van der Waals surface area (Å²) in [6.07, 6.45) is 4.96. The minimum atomic E-state index is -0.188. The molecule has 1 N–H and O–H groups in total. The first kappa shape index (κ1) is 18.7. The van der Waals surface area contributed by atoms with Gasteiger partial charge in [-0.3, -0.25) is 4.79 Å². The number of carbonyl (C=O) groups is 1. The average Bonchev–Trinajstić information content (AvgIpc) is 3.34. The lowest BCUT2D eigenvalue weighted by Gasteiger charge is -2.02. The number of benzene rings is 2.